The van der Waals surface area contributed by atoms with Gasteiger partial charge in [0.2, 0.25) is 11.9 Å². The first-order valence-corrected chi connectivity index (χ1v) is 13.2. The van der Waals surface area contributed by atoms with Crippen molar-refractivity contribution in [1.29, 1.82) is 0 Å². The van der Waals surface area contributed by atoms with E-state index in [1.807, 2.05) is 80.1 Å². The highest BCUT2D eigenvalue weighted by Crippen LogP contribution is 2.27. The van der Waals surface area contributed by atoms with Crippen LogP contribution in [0, 0.1) is 6.92 Å². The van der Waals surface area contributed by atoms with Gasteiger partial charge in [0.15, 0.2) is 0 Å². The highest BCUT2D eigenvalue weighted by molar-refractivity contribution is 5.99. The van der Waals surface area contributed by atoms with E-state index in [0.29, 0.717) is 23.1 Å². The molecule has 202 valence electrons. The molecule has 0 bridgehead atoms. The molecule has 1 heterocycles. The Morgan fingerprint density at radius 2 is 1.56 bits per heavy atom. The van der Waals surface area contributed by atoms with Gasteiger partial charge in [-0.15, -0.1) is 0 Å². The van der Waals surface area contributed by atoms with Gasteiger partial charge in [0, 0.05) is 29.1 Å². The Kier molecular flexibility index (Phi) is 8.49. The minimum atomic E-state index is -0.323. The Morgan fingerprint density at radius 1 is 0.923 bits per heavy atom. The number of imidazole rings is 1. The average molecular weight is 525 g/mol. The number of aryl methyl sites for hydroxylation is 1. The smallest absolute Gasteiger partial charge is 0.254 e. The van der Waals surface area contributed by atoms with Crippen LogP contribution in [-0.4, -0.2) is 46.0 Å². The fraction of sp³-hybridized carbons (Fsp3) is 0.281. The van der Waals surface area contributed by atoms with E-state index < -0.39 is 0 Å². The quantitative estimate of drug-likeness (QED) is 0.272. The Bertz CT molecular complexity index is 1420. The van der Waals surface area contributed by atoms with Crippen molar-refractivity contribution < 1.29 is 14.3 Å². The van der Waals surface area contributed by atoms with Crippen LogP contribution in [0.4, 0.5) is 5.95 Å². The molecule has 0 aliphatic rings. The third-order valence-electron chi connectivity index (χ3n) is 6.68. The van der Waals surface area contributed by atoms with Crippen LogP contribution in [0.5, 0.6) is 5.75 Å². The molecule has 1 N–H and O–H groups in total. The molecule has 0 spiro atoms. The molecule has 0 aliphatic heterocycles. The number of anilines is 1. The summed E-state index contributed by atoms with van der Waals surface area (Å²) in [7, 11) is 1.63. The van der Waals surface area contributed by atoms with E-state index >= 15 is 0 Å². The van der Waals surface area contributed by atoms with Crippen LogP contribution in [0.25, 0.3) is 16.9 Å². The Labute approximate surface area is 230 Å². The number of carbonyl (C=O) groups is 2. The number of carbonyl (C=O) groups excluding carboxylic acids is 2. The summed E-state index contributed by atoms with van der Waals surface area (Å²) < 4.78 is 7.15. The molecule has 0 saturated heterocycles. The molecule has 0 atom stereocenters. The summed E-state index contributed by atoms with van der Waals surface area (Å²) in [6.07, 6.45) is 1.90. The number of hydrogen-bond donors (Lipinski definition) is 1. The van der Waals surface area contributed by atoms with Gasteiger partial charge in [-0.25, -0.2) is 4.98 Å². The molecular weight excluding hydrogens is 488 g/mol. The van der Waals surface area contributed by atoms with Crippen LogP contribution in [0.2, 0.25) is 0 Å². The highest BCUT2D eigenvalue weighted by atomic mass is 16.5. The first-order chi connectivity index (χ1) is 18.7. The number of aromatic nitrogens is 2. The van der Waals surface area contributed by atoms with Crippen molar-refractivity contribution in [2.75, 3.05) is 19.0 Å². The third-order valence-corrected chi connectivity index (χ3v) is 6.68. The highest BCUT2D eigenvalue weighted by Gasteiger charge is 2.23. The van der Waals surface area contributed by atoms with Gasteiger partial charge in [-0.1, -0.05) is 43.7 Å². The summed E-state index contributed by atoms with van der Waals surface area (Å²) in [5, 5.41) is 2.95. The van der Waals surface area contributed by atoms with E-state index in [0.717, 1.165) is 22.6 Å². The van der Waals surface area contributed by atoms with E-state index in [9.17, 15) is 9.59 Å². The molecule has 39 heavy (non-hydrogen) atoms. The van der Waals surface area contributed by atoms with Gasteiger partial charge in [-0.05, 0) is 80.8 Å². The zero-order chi connectivity index (χ0) is 28.1. The minimum Gasteiger partial charge on any atom is -0.497 e. The lowest BCUT2D eigenvalue weighted by atomic mass is 10.0. The number of benzene rings is 3. The molecule has 4 aromatic rings. The van der Waals surface area contributed by atoms with Gasteiger partial charge in [0.1, 0.15) is 12.3 Å². The van der Waals surface area contributed by atoms with Crippen molar-refractivity contribution in [3.05, 3.63) is 95.7 Å². The van der Waals surface area contributed by atoms with Gasteiger partial charge in [-0.3, -0.25) is 19.5 Å². The van der Waals surface area contributed by atoms with Gasteiger partial charge in [0.25, 0.3) is 5.91 Å². The van der Waals surface area contributed by atoms with E-state index in [-0.39, 0.29) is 24.4 Å². The third kappa shape index (κ3) is 6.55. The summed E-state index contributed by atoms with van der Waals surface area (Å²) in [6, 6.07) is 23.0. The van der Waals surface area contributed by atoms with Crippen LogP contribution < -0.4 is 10.1 Å². The van der Waals surface area contributed by atoms with Crippen molar-refractivity contribution in [3.8, 4) is 22.7 Å². The van der Waals surface area contributed by atoms with Crippen molar-refractivity contribution in [3.63, 3.8) is 0 Å². The fourth-order valence-corrected chi connectivity index (χ4v) is 4.26. The Hall–Kier alpha value is -4.39. The normalized spacial score (nSPS) is 11.1. The number of nitrogens with zero attached hydrogens (tertiary/aromatic N) is 3. The molecule has 0 fully saturated rings. The zero-order valence-corrected chi connectivity index (χ0v) is 23.4. The molecule has 3 aromatic carbocycles. The maximum atomic E-state index is 13.3. The molecule has 0 unspecified atom stereocenters. The lowest BCUT2D eigenvalue weighted by Gasteiger charge is -2.26. The van der Waals surface area contributed by atoms with Gasteiger partial charge < -0.3 is 9.64 Å². The van der Waals surface area contributed by atoms with Crippen LogP contribution in [0.1, 0.15) is 55.1 Å². The molecule has 0 saturated carbocycles. The minimum absolute atomic E-state index is 0.0958. The number of amides is 2. The van der Waals surface area contributed by atoms with E-state index in [4.69, 9.17) is 9.72 Å². The Morgan fingerprint density at radius 3 is 2.13 bits per heavy atom. The monoisotopic (exact) mass is 524 g/mol. The van der Waals surface area contributed by atoms with E-state index in [2.05, 4.69) is 31.3 Å². The second-order valence-corrected chi connectivity index (χ2v) is 10.2. The predicted molar refractivity (Wildman–Crippen MR) is 156 cm³/mol. The summed E-state index contributed by atoms with van der Waals surface area (Å²) in [4.78, 5) is 32.8. The summed E-state index contributed by atoms with van der Waals surface area (Å²) >= 11 is 0. The Balaban J connectivity index is 1.63. The second kappa shape index (κ2) is 12.0. The number of methoxy groups -OCH3 is 1. The molecule has 4 rings (SSSR count). The zero-order valence-electron chi connectivity index (χ0n) is 23.4. The van der Waals surface area contributed by atoms with Gasteiger partial charge in [0.05, 0.1) is 12.8 Å². The number of nitrogens with one attached hydrogen (secondary N) is 1. The summed E-state index contributed by atoms with van der Waals surface area (Å²) in [5.41, 5.74) is 5.32. The number of hydrogen-bond acceptors (Lipinski definition) is 4. The standard InChI is InChI=1S/C32H36N4O3/c1-21(2)24-11-15-27(16-12-24)36-19-29(25-13-17-28(39-6)18-14-25)33-32(36)34-30(37)20-35(22(3)4)31(38)26-9-7-23(5)8-10-26/h7-19,21-22H,20H2,1-6H3,(H,33,34,37). The topological polar surface area (TPSA) is 76.5 Å². The molecule has 7 nitrogen and oxygen atoms in total. The summed E-state index contributed by atoms with van der Waals surface area (Å²) in [5.74, 6) is 1.03. The van der Waals surface area contributed by atoms with Crippen molar-refractivity contribution in [1.82, 2.24) is 14.5 Å². The van der Waals surface area contributed by atoms with Crippen molar-refractivity contribution >= 4 is 17.8 Å². The first kappa shape index (κ1) is 27.6. The van der Waals surface area contributed by atoms with Gasteiger partial charge in [-0.2, -0.15) is 0 Å². The van der Waals surface area contributed by atoms with E-state index in [1.54, 1.807) is 24.1 Å². The first-order valence-electron chi connectivity index (χ1n) is 13.2. The lowest BCUT2D eigenvalue weighted by molar-refractivity contribution is -0.117. The average Bonchev–Trinajstić information content (AvgIpc) is 3.35. The van der Waals surface area contributed by atoms with Gasteiger partial charge >= 0.3 is 0 Å². The SMILES string of the molecule is COc1ccc(-c2cn(-c3ccc(C(C)C)cc3)c(NC(=O)CN(C(=O)c3ccc(C)cc3)C(C)C)n2)cc1. The second-order valence-electron chi connectivity index (χ2n) is 10.2. The van der Waals surface area contributed by atoms with Crippen molar-refractivity contribution in [2.45, 2.75) is 46.6 Å². The number of ether oxygens (including phenoxy) is 1. The number of rotatable bonds is 9. The maximum Gasteiger partial charge on any atom is 0.254 e. The molecule has 7 heteroatoms. The fourth-order valence-electron chi connectivity index (χ4n) is 4.26. The largest absolute Gasteiger partial charge is 0.497 e. The van der Waals surface area contributed by atoms with Crippen LogP contribution >= 0.6 is 0 Å². The molecule has 0 radical (unpaired) electrons. The van der Waals surface area contributed by atoms with Crippen LogP contribution in [-0.2, 0) is 4.79 Å². The molecule has 1 aromatic heterocycles. The van der Waals surface area contributed by atoms with E-state index in [1.165, 1.54) is 5.56 Å². The maximum absolute atomic E-state index is 13.3. The molecule has 2 amide bonds. The molecule has 0 aliphatic carbocycles. The van der Waals surface area contributed by atoms with Crippen LogP contribution in [0.15, 0.2) is 79.0 Å². The van der Waals surface area contributed by atoms with Crippen molar-refractivity contribution in [2.24, 2.45) is 0 Å². The van der Waals surface area contributed by atoms with Crippen LogP contribution in [0.3, 0.4) is 0 Å². The predicted octanol–water partition coefficient (Wildman–Crippen LogP) is 6.47. The summed E-state index contributed by atoms with van der Waals surface area (Å²) in [6.45, 7) is 9.98. The molecular formula is C32H36N4O3. The lowest BCUT2D eigenvalue weighted by Crippen LogP contribution is -2.42.